The number of aryl methyl sites for hydroxylation is 2. The van der Waals surface area contributed by atoms with Crippen LogP contribution < -0.4 is 0 Å². The highest BCUT2D eigenvalue weighted by Gasteiger charge is 2.01. The Bertz CT molecular complexity index is 313. The molecule has 0 saturated heterocycles. The topological polar surface area (TPSA) is 30.7 Å². The Balaban J connectivity index is 2.28. The highest BCUT2D eigenvalue weighted by atomic mass is 15.4. The predicted octanol–water partition coefficient (Wildman–Crippen LogP) is 3.22. The molecule has 90 valence electrons. The van der Waals surface area contributed by atoms with E-state index in [0.717, 1.165) is 31.0 Å². The van der Waals surface area contributed by atoms with Crippen LogP contribution in [0.1, 0.15) is 45.7 Å². The molecule has 1 heterocycles. The van der Waals surface area contributed by atoms with Crippen molar-refractivity contribution >= 4 is 0 Å². The summed E-state index contributed by atoms with van der Waals surface area (Å²) < 4.78 is 1.94. The standard InChI is InChI=1S/C13H23N3/c1-4-5-6-10-16-11-13(14-15-16)9-7-8-12(2)3/h4-5,11-12H,6-10H2,1-3H3/b5-4+. The van der Waals surface area contributed by atoms with Gasteiger partial charge in [0, 0.05) is 12.7 Å². The van der Waals surface area contributed by atoms with Crippen molar-refractivity contribution in [3.63, 3.8) is 0 Å². The summed E-state index contributed by atoms with van der Waals surface area (Å²) in [5.74, 6) is 0.782. The summed E-state index contributed by atoms with van der Waals surface area (Å²) >= 11 is 0. The van der Waals surface area contributed by atoms with E-state index in [-0.39, 0.29) is 0 Å². The third-order valence-electron chi connectivity index (χ3n) is 2.56. The fourth-order valence-electron chi connectivity index (χ4n) is 1.63. The molecule has 1 aromatic rings. The maximum absolute atomic E-state index is 4.18. The Labute approximate surface area is 98.6 Å². The summed E-state index contributed by atoms with van der Waals surface area (Å²) in [6.45, 7) is 7.49. The monoisotopic (exact) mass is 221 g/mol. The minimum absolute atomic E-state index is 0.782. The number of rotatable bonds is 7. The lowest BCUT2D eigenvalue weighted by Gasteiger charge is -2.01. The first kappa shape index (κ1) is 12.9. The van der Waals surface area contributed by atoms with Crippen LogP contribution in [0.2, 0.25) is 0 Å². The summed E-state index contributed by atoms with van der Waals surface area (Å²) in [6.07, 6.45) is 10.9. The molecule has 0 atom stereocenters. The van der Waals surface area contributed by atoms with Crippen LogP contribution in [0.4, 0.5) is 0 Å². The van der Waals surface area contributed by atoms with E-state index in [2.05, 4.69) is 42.5 Å². The molecule has 1 rings (SSSR count). The Hall–Kier alpha value is -1.12. The van der Waals surface area contributed by atoms with Crippen LogP contribution in [0.3, 0.4) is 0 Å². The fraction of sp³-hybridized carbons (Fsp3) is 0.692. The van der Waals surface area contributed by atoms with E-state index in [1.54, 1.807) is 0 Å². The van der Waals surface area contributed by atoms with Crippen molar-refractivity contribution in [2.75, 3.05) is 0 Å². The van der Waals surface area contributed by atoms with Crippen molar-refractivity contribution < 1.29 is 0 Å². The van der Waals surface area contributed by atoms with Crippen molar-refractivity contribution in [2.24, 2.45) is 5.92 Å². The molecular formula is C13H23N3. The highest BCUT2D eigenvalue weighted by Crippen LogP contribution is 2.07. The second kappa shape index (κ2) is 7.20. The average Bonchev–Trinajstić information content (AvgIpc) is 2.66. The Kier molecular flexibility index (Phi) is 5.83. The van der Waals surface area contributed by atoms with Gasteiger partial charge in [-0.1, -0.05) is 37.6 Å². The normalized spacial score (nSPS) is 11.8. The maximum atomic E-state index is 4.18. The van der Waals surface area contributed by atoms with Crippen LogP contribution in [0.25, 0.3) is 0 Å². The molecule has 0 fully saturated rings. The van der Waals surface area contributed by atoms with Crippen molar-refractivity contribution in [1.82, 2.24) is 15.0 Å². The molecule has 0 spiro atoms. The van der Waals surface area contributed by atoms with E-state index in [1.165, 1.54) is 12.8 Å². The lowest BCUT2D eigenvalue weighted by atomic mass is 10.1. The number of aromatic nitrogens is 3. The van der Waals surface area contributed by atoms with Gasteiger partial charge in [-0.15, -0.1) is 5.10 Å². The van der Waals surface area contributed by atoms with Gasteiger partial charge in [-0.2, -0.15) is 0 Å². The second-order valence-electron chi connectivity index (χ2n) is 4.62. The molecular weight excluding hydrogens is 198 g/mol. The molecule has 0 aliphatic carbocycles. The number of hydrogen-bond acceptors (Lipinski definition) is 2. The minimum Gasteiger partial charge on any atom is -0.252 e. The molecule has 3 nitrogen and oxygen atoms in total. The third kappa shape index (κ3) is 5.10. The first-order valence-electron chi connectivity index (χ1n) is 6.22. The smallest absolute Gasteiger partial charge is 0.0827 e. The number of allylic oxidation sites excluding steroid dienone is 2. The Morgan fingerprint density at radius 1 is 1.44 bits per heavy atom. The van der Waals surface area contributed by atoms with Gasteiger partial charge in [0.1, 0.15) is 0 Å². The lowest BCUT2D eigenvalue weighted by molar-refractivity contribution is 0.552. The summed E-state index contributed by atoms with van der Waals surface area (Å²) in [5, 5.41) is 8.30. The molecule has 0 aliphatic heterocycles. The van der Waals surface area contributed by atoms with Gasteiger partial charge in [-0.3, -0.25) is 4.68 Å². The molecule has 0 aromatic carbocycles. The highest BCUT2D eigenvalue weighted by molar-refractivity contribution is 4.92. The van der Waals surface area contributed by atoms with Gasteiger partial charge < -0.3 is 0 Å². The molecule has 3 heteroatoms. The predicted molar refractivity (Wildman–Crippen MR) is 67.2 cm³/mol. The Morgan fingerprint density at radius 2 is 2.25 bits per heavy atom. The first-order chi connectivity index (χ1) is 7.72. The third-order valence-corrected chi connectivity index (χ3v) is 2.56. The van der Waals surface area contributed by atoms with E-state index < -0.39 is 0 Å². The molecule has 1 aromatic heterocycles. The van der Waals surface area contributed by atoms with E-state index in [4.69, 9.17) is 0 Å². The van der Waals surface area contributed by atoms with Gasteiger partial charge in [0.05, 0.1) is 5.69 Å². The molecule has 0 aliphatic rings. The van der Waals surface area contributed by atoms with Crippen LogP contribution in [0.5, 0.6) is 0 Å². The number of hydrogen-bond donors (Lipinski definition) is 0. The van der Waals surface area contributed by atoms with Crippen molar-refractivity contribution in [3.05, 3.63) is 24.0 Å². The zero-order chi connectivity index (χ0) is 11.8. The molecule has 0 N–H and O–H groups in total. The van der Waals surface area contributed by atoms with E-state index >= 15 is 0 Å². The van der Waals surface area contributed by atoms with Crippen LogP contribution in [-0.4, -0.2) is 15.0 Å². The van der Waals surface area contributed by atoms with Gasteiger partial charge in [-0.25, -0.2) is 0 Å². The second-order valence-corrected chi connectivity index (χ2v) is 4.62. The van der Waals surface area contributed by atoms with Crippen molar-refractivity contribution in [1.29, 1.82) is 0 Å². The number of nitrogens with zero attached hydrogens (tertiary/aromatic N) is 3. The van der Waals surface area contributed by atoms with Crippen LogP contribution in [0.15, 0.2) is 18.3 Å². The summed E-state index contributed by atoms with van der Waals surface area (Å²) in [7, 11) is 0. The molecule has 0 saturated carbocycles. The maximum Gasteiger partial charge on any atom is 0.0827 e. The minimum atomic E-state index is 0.782. The quantitative estimate of drug-likeness (QED) is 0.662. The molecule has 16 heavy (non-hydrogen) atoms. The molecule has 0 amide bonds. The van der Waals surface area contributed by atoms with E-state index in [9.17, 15) is 0 Å². The van der Waals surface area contributed by atoms with Crippen LogP contribution in [-0.2, 0) is 13.0 Å². The van der Waals surface area contributed by atoms with E-state index in [1.807, 2.05) is 11.6 Å². The van der Waals surface area contributed by atoms with Gasteiger partial charge in [0.15, 0.2) is 0 Å². The summed E-state index contributed by atoms with van der Waals surface area (Å²) in [6, 6.07) is 0. The van der Waals surface area contributed by atoms with Crippen LogP contribution in [0, 0.1) is 5.92 Å². The summed E-state index contributed by atoms with van der Waals surface area (Å²) in [5.41, 5.74) is 1.13. The van der Waals surface area contributed by atoms with Crippen LogP contribution >= 0.6 is 0 Å². The lowest BCUT2D eigenvalue weighted by Crippen LogP contribution is -1.97. The van der Waals surface area contributed by atoms with E-state index in [0.29, 0.717) is 0 Å². The fourth-order valence-corrected chi connectivity index (χ4v) is 1.63. The molecule has 0 unspecified atom stereocenters. The van der Waals surface area contributed by atoms with Crippen molar-refractivity contribution in [2.45, 2.75) is 53.0 Å². The SMILES string of the molecule is C/C=C/CCn1cc(CCCC(C)C)nn1. The van der Waals surface area contributed by atoms with Gasteiger partial charge in [-0.05, 0) is 32.1 Å². The largest absolute Gasteiger partial charge is 0.252 e. The van der Waals surface area contributed by atoms with Gasteiger partial charge in [0.25, 0.3) is 0 Å². The average molecular weight is 221 g/mol. The zero-order valence-electron chi connectivity index (χ0n) is 10.7. The summed E-state index contributed by atoms with van der Waals surface area (Å²) in [4.78, 5) is 0. The first-order valence-corrected chi connectivity index (χ1v) is 6.22. The van der Waals surface area contributed by atoms with Crippen molar-refractivity contribution in [3.8, 4) is 0 Å². The Morgan fingerprint density at radius 3 is 2.94 bits per heavy atom. The van der Waals surface area contributed by atoms with Gasteiger partial charge >= 0.3 is 0 Å². The van der Waals surface area contributed by atoms with Gasteiger partial charge in [0.2, 0.25) is 0 Å². The molecule has 0 radical (unpaired) electrons. The molecule has 0 bridgehead atoms. The zero-order valence-corrected chi connectivity index (χ0v) is 10.7.